The monoisotopic (exact) mass is 541 g/mol. The summed E-state index contributed by atoms with van der Waals surface area (Å²) in [5.41, 5.74) is 1.99. The first-order valence-corrected chi connectivity index (χ1v) is 11.4. The quantitative estimate of drug-likeness (QED) is 0.266. The zero-order chi connectivity index (χ0) is 20.3. The Bertz CT molecular complexity index is 1150. The average Bonchev–Trinajstić information content (AvgIpc) is 2.66. The van der Waals surface area contributed by atoms with Crippen LogP contribution in [-0.2, 0) is 10.1 Å². The number of nitrogens with zero attached hydrogens (tertiary/aromatic N) is 1. The molecule has 3 aromatic rings. The maximum atomic E-state index is 12.6. The first-order valence-electron chi connectivity index (χ1n) is 8.06. The highest BCUT2D eigenvalue weighted by Gasteiger charge is 2.20. The zero-order valence-corrected chi connectivity index (χ0v) is 19.3. The second kappa shape index (κ2) is 8.78. The topological polar surface area (TPSA) is 55.7 Å². The summed E-state index contributed by atoms with van der Waals surface area (Å²) in [4.78, 5) is 4.52. The standard InChI is InChI=1S/C20H14Br2ClNO3S/c1-13-18(23)8-5-9-19(13)24-12-14-10-15(21)11-17(22)20(14)27-28(25,26)16-6-3-2-4-7-16/h2-12H,1H3. The molecule has 0 unspecified atom stereocenters. The number of hydrogen-bond donors (Lipinski definition) is 0. The molecule has 0 N–H and O–H groups in total. The molecule has 0 spiro atoms. The van der Waals surface area contributed by atoms with E-state index < -0.39 is 10.1 Å². The van der Waals surface area contributed by atoms with Gasteiger partial charge < -0.3 is 4.18 Å². The molecule has 0 aliphatic heterocycles. The van der Waals surface area contributed by atoms with Gasteiger partial charge in [-0.05, 0) is 64.8 Å². The van der Waals surface area contributed by atoms with Gasteiger partial charge in [0, 0.05) is 21.3 Å². The highest BCUT2D eigenvalue weighted by atomic mass is 79.9. The van der Waals surface area contributed by atoms with Crippen molar-refractivity contribution in [1.82, 2.24) is 0 Å². The van der Waals surface area contributed by atoms with Gasteiger partial charge in [0.2, 0.25) is 0 Å². The molecular formula is C20H14Br2ClNO3S. The van der Waals surface area contributed by atoms with Crippen LogP contribution in [0.1, 0.15) is 11.1 Å². The van der Waals surface area contributed by atoms with Crippen molar-refractivity contribution in [2.75, 3.05) is 0 Å². The van der Waals surface area contributed by atoms with Gasteiger partial charge in [-0.1, -0.05) is 51.8 Å². The molecule has 3 rings (SSSR count). The third kappa shape index (κ3) is 4.84. The summed E-state index contributed by atoms with van der Waals surface area (Å²) >= 11 is 12.9. The van der Waals surface area contributed by atoms with E-state index in [9.17, 15) is 8.42 Å². The molecule has 4 nitrogen and oxygen atoms in total. The van der Waals surface area contributed by atoms with Gasteiger partial charge in [-0.15, -0.1) is 0 Å². The third-order valence-electron chi connectivity index (χ3n) is 3.84. The van der Waals surface area contributed by atoms with Crippen molar-refractivity contribution in [2.45, 2.75) is 11.8 Å². The Kier molecular flexibility index (Phi) is 6.60. The minimum atomic E-state index is -4.00. The van der Waals surface area contributed by atoms with Crippen LogP contribution in [0.4, 0.5) is 5.69 Å². The van der Waals surface area contributed by atoms with E-state index in [2.05, 4.69) is 36.9 Å². The van der Waals surface area contributed by atoms with Crippen LogP contribution in [0.2, 0.25) is 5.02 Å². The average molecular weight is 544 g/mol. The molecule has 28 heavy (non-hydrogen) atoms. The summed E-state index contributed by atoms with van der Waals surface area (Å²) in [6.45, 7) is 1.86. The molecule has 0 saturated carbocycles. The number of hydrogen-bond acceptors (Lipinski definition) is 4. The number of halogens is 3. The second-order valence-electron chi connectivity index (χ2n) is 5.80. The Hall–Kier alpha value is -1.67. The van der Waals surface area contributed by atoms with Crippen LogP contribution in [0.25, 0.3) is 0 Å². The number of benzene rings is 3. The number of aliphatic imine (C=N–C) groups is 1. The summed E-state index contributed by atoms with van der Waals surface area (Å²) in [7, 11) is -4.00. The molecule has 0 bridgehead atoms. The van der Waals surface area contributed by atoms with Gasteiger partial charge >= 0.3 is 10.1 Å². The number of rotatable bonds is 5. The van der Waals surface area contributed by atoms with Crippen LogP contribution in [0.15, 0.2) is 79.5 Å². The molecule has 144 valence electrons. The lowest BCUT2D eigenvalue weighted by atomic mass is 10.2. The fourth-order valence-corrected chi connectivity index (χ4v) is 4.99. The molecule has 0 radical (unpaired) electrons. The summed E-state index contributed by atoms with van der Waals surface area (Å²) in [6.07, 6.45) is 1.55. The van der Waals surface area contributed by atoms with E-state index in [0.717, 1.165) is 10.0 Å². The summed E-state index contributed by atoms with van der Waals surface area (Å²) < 4.78 is 31.9. The lowest BCUT2D eigenvalue weighted by molar-refractivity contribution is 0.484. The molecular weight excluding hydrogens is 530 g/mol. The Labute approximate surface area is 185 Å². The van der Waals surface area contributed by atoms with E-state index in [4.69, 9.17) is 15.8 Å². The summed E-state index contributed by atoms with van der Waals surface area (Å²) in [5.74, 6) is 0.149. The van der Waals surface area contributed by atoms with Crippen molar-refractivity contribution >= 4 is 65.5 Å². The van der Waals surface area contributed by atoms with E-state index in [0.29, 0.717) is 20.7 Å². The third-order valence-corrected chi connectivity index (χ3v) is 6.54. The van der Waals surface area contributed by atoms with E-state index >= 15 is 0 Å². The van der Waals surface area contributed by atoms with Crippen molar-refractivity contribution in [2.24, 2.45) is 4.99 Å². The Morgan fingerprint density at radius 1 is 1.04 bits per heavy atom. The van der Waals surface area contributed by atoms with Crippen LogP contribution in [0.5, 0.6) is 5.75 Å². The SMILES string of the molecule is Cc1c(Cl)cccc1N=Cc1cc(Br)cc(Br)c1OS(=O)(=O)c1ccccc1. The molecule has 0 aliphatic rings. The van der Waals surface area contributed by atoms with Gasteiger partial charge in [-0.2, -0.15) is 8.42 Å². The van der Waals surface area contributed by atoms with Gasteiger partial charge in [0.05, 0.1) is 10.2 Å². The molecule has 0 aromatic heterocycles. The molecule has 0 amide bonds. The molecule has 0 heterocycles. The van der Waals surface area contributed by atoms with Gasteiger partial charge in [-0.25, -0.2) is 0 Å². The van der Waals surface area contributed by atoms with Gasteiger partial charge in [0.25, 0.3) is 0 Å². The fraction of sp³-hybridized carbons (Fsp3) is 0.0500. The van der Waals surface area contributed by atoms with Crippen molar-refractivity contribution in [3.63, 3.8) is 0 Å². The smallest absolute Gasteiger partial charge is 0.339 e. The molecule has 0 atom stereocenters. The zero-order valence-electron chi connectivity index (χ0n) is 14.6. The van der Waals surface area contributed by atoms with Crippen molar-refractivity contribution in [3.05, 3.63) is 85.8 Å². The van der Waals surface area contributed by atoms with Crippen molar-refractivity contribution in [1.29, 1.82) is 0 Å². The molecule has 0 aliphatic carbocycles. The van der Waals surface area contributed by atoms with Gasteiger partial charge in [0.15, 0.2) is 5.75 Å². The predicted molar refractivity (Wildman–Crippen MR) is 120 cm³/mol. The molecule has 3 aromatic carbocycles. The maximum Gasteiger partial charge on any atom is 0.339 e. The van der Waals surface area contributed by atoms with Gasteiger partial charge in [0.1, 0.15) is 4.90 Å². The van der Waals surface area contributed by atoms with Crippen molar-refractivity contribution in [3.8, 4) is 5.75 Å². The predicted octanol–water partition coefficient (Wildman–Crippen LogP) is 6.69. The van der Waals surface area contributed by atoms with E-state index in [-0.39, 0.29) is 10.6 Å². The first kappa shape index (κ1) is 21.0. The van der Waals surface area contributed by atoms with Gasteiger partial charge in [-0.3, -0.25) is 4.99 Å². The lowest BCUT2D eigenvalue weighted by Crippen LogP contribution is -2.11. The van der Waals surface area contributed by atoms with Crippen LogP contribution in [0.3, 0.4) is 0 Å². The minimum Gasteiger partial charge on any atom is -0.377 e. The molecule has 8 heteroatoms. The van der Waals surface area contributed by atoms with Crippen LogP contribution >= 0.6 is 43.5 Å². The summed E-state index contributed by atoms with van der Waals surface area (Å²) in [6, 6.07) is 16.8. The highest BCUT2D eigenvalue weighted by Crippen LogP contribution is 2.35. The minimum absolute atomic E-state index is 0.0680. The fourth-order valence-electron chi connectivity index (χ4n) is 2.38. The van der Waals surface area contributed by atoms with Crippen LogP contribution < -0.4 is 4.18 Å². The van der Waals surface area contributed by atoms with Crippen LogP contribution in [0, 0.1) is 6.92 Å². The van der Waals surface area contributed by atoms with E-state index in [1.54, 1.807) is 48.7 Å². The second-order valence-corrected chi connectivity index (χ2v) is 9.52. The van der Waals surface area contributed by atoms with E-state index in [1.807, 2.05) is 13.0 Å². The normalized spacial score (nSPS) is 11.7. The first-order chi connectivity index (χ1) is 13.3. The van der Waals surface area contributed by atoms with Crippen molar-refractivity contribution < 1.29 is 12.6 Å². The Morgan fingerprint density at radius 2 is 1.75 bits per heavy atom. The highest BCUT2D eigenvalue weighted by molar-refractivity contribution is 9.11. The molecule has 0 saturated heterocycles. The summed E-state index contributed by atoms with van der Waals surface area (Å²) in [5, 5.41) is 0.605. The largest absolute Gasteiger partial charge is 0.377 e. The Balaban J connectivity index is 2.03. The lowest BCUT2D eigenvalue weighted by Gasteiger charge is -2.12. The molecule has 0 fully saturated rings. The maximum absolute atomic E-state index is 12.6. The van der Waals surface area contributed by atoms with Crippen LogP contribution in [-0.4, -0.2) is 14.6 Å². The van der Waals surface area contributed by atoms with E-state index in [1.165, 1.54) is 12.1 Å². The Morgan fingerprint density at radius 3 is 2.46 bits per heavy atom.